The summed E-state index contributed by atoms with van der Waals surface area (Å²) < 4.78 is 19.9. The number of morpholine rings is 1. The predicted molar refractivity (Wildman–Crippen MR) is 114 cm³/mol. The van der Waals surface area contributed by atoms with Crippen LogP contribution < -0.4 is 5.32 Å². The SMILES string of the molecule is CCNCC1CCN(C(=O)C(c2ccccc2F)N2CCOCC2)CC1.Cl.Cl. The summed E-state index contributed by atoms with van der Waals surface area (Å²) in [5.74, 6) is 0.340. The second kappa shape index (κ2) is 12.6. The van der Waals surface area contributed by atoms with Gasteiger partial charge >= 0.3 is 0 Å². The molecular weight excluding hydrogens is 404 g/mol. The normalized spacial score (nSPS) is 19.4. The number of hydrogen-bond donors (Lipinski definition) is 1. The average Bonchev–Trinajstić information content (AvgIpc) is 2.69. The van der Waals surface area contributed by atoms with Gasteiger partial charge in [0.05, 0.1) is 13.2 Å². The molecule has 0 radical (unpaired) electrons. The van der Waals surface area contributed by atoms with Gasteiger partial charge in [-0.15, -0.1) is 24.8 Å². The van der Waals surface area contributed by atoms with Crippen LogP contribution in [0.25, 0.3) is 0 Å². The molecule has 1 N–H and O–H groups in total. The van der Waals surface area contributed by atoms with Crippen LogP contribution in [-0.2, 0) is 9.53 Å². The van der Waals surface area contributed by atoms with E-state index in [1.807, 2.05) is 11.0 Å². The van der Waals surface area contributed by atoms with Gasteiger partial charge in [-0.2, -0.15) is 0 Å². The van der Waals surface area contributed by atoms with Gasteiger partial charge < -0.3 is 15.0 Å². The fraction of sp³-hybridized carbons (Fsp3) is 0.650. The summed E-state index contributed by atoms with van der Waals surface area (Å²) in [6, 6.07) is 6.11. The van der Waals surface area contributed by atoms with E-state index in [0.29, 0.717) is 37.8 Å². The first-order valence-corrected chi connectivity index (χ1v) is 9.76. The van der Waals surface area contributed by atoms with Crippen molar-refractivity contribution >= 4 is 30.7 Å². The Morgan fingerprint density at radius 3 is 2.43 bits per heavy atom. The van der Waals surface area contributed by atoms with Crippen LogP contribution in [-0.4, -0.2) is 68.2 Å². The van der Waals surface area contributed by atoms with Gasteiger partial charge in [-0.05, 0) is 37.9 Å². The number of carbonyl (C=O) groups excluding carboxylic acids is 1. The first kappa shape index (κ1) is 25.1. The maximum absolute atomic E-state index is 14.5. The van der Waals surface area contributed by atoms with Crippen molar-refractivity contribution < 1.29 is 13.9 Å². The molecule has 28 heavy (non-hydrogen) atoms. The predicted octanol–water partition coefficient (Wildman–Crippen LogP) is 2.89. The van der Waals surface area contributed by atoms with Crippen molar-refractivity contribution in [3.8, 4) is 0 Å². The topological polar surface area (TPSA) is 44.8 Å². The van der Waals surface area contributed by atoms with Crippen molar-refractivity contribution in [3.05, 3.63) is 35.6 Å². The fourth-order valence-electron chi connectivity index (χ4n) is 3.90. The maximum atomic E-state index is 14.5. The lowest BCUT2D eigenvalue weighted by Crippen LogP contribution is -2.49. The number of halogens is 3. The van der Waals surface area contributed by atoms with Crippen LogP contribution in [0, 0.1) is 11.7 Å². The summed E-state index contributed by atoms with van der Waals surface area (Å²) >= 11 is 0. The summed E-state index contributed by atoms with van der Waals surface area (Å²) in [6.07, 6.45) is 2.01. The average molecular weight is 436 g/mol. The van der Waals surface area contributed by atoms with E-state index in [2.05, 4.69) is 17.1 Å². The Bertz CT molecular complexity index is 595. The van der Waals surface area contributed by atoms with Crippen LogP contribution in [0.1, 0.15) is 31.4 Å². The Morgan fingerprint density at radius 1 is 1.18 bits per heavy atom. The van der Waals surface area contributed by atoms with Gasteiger partial charge in [-0.3, -0.25) is 9.69 Å². The lowest BCUT2D eigenvalue weighted by Gasteiger charge is -2.39. The van der Waals surface area contributed by atoms with Crippen LogP contribution in [0.5, 0.6) is 0 Å². The van der Waals surface area contributed by atoms with Gasteiger partial charge in [0.25, 0.3) is 0 Å². The van der Waals surface area contributed by atoms with Crippen LogP contribution in [0.15, 0.2) is 24.3 Å². The van der Waals surface area contributed by atoms with E-state index in [9.17, 15) is 9.18 Å². The highest BCUT2D eigenvalue weighted by atomic mass is 35.5. The van der Waals surface area contributed by atoms with E-state index >= 15 is 0 Å². The Balaban J connectivity index is 0.00000196. The molecule has 2 heterocycles. The minimum atomic E-state index is -0.551. The van der Waals surface area contributed by atoms with Crippen LogP contribution in [0.4, 0.5) is 4.39 Å². The van der Waals surface area contributed by atoms with Crippen molar-refractivity contribution in [1.82, 2.24) is 15.1 Å². The summed E-state index contributed by atoms with van der Waals surface area (Å²) in [4.78, 5) is 17.3. The third-order valence-corrected chi connectivity index (χ3v) is 5.45. The molecule has 8 heteroatoms. The van der Waals surface area contributed by atoms with Gasteiger partial charge in [0, 0.05) is 31.7 Å². The number of hydrogen-bond acceptors (Lipinski definition) is 4. The molecule has 1 unspecified atom stereocenters. The van der Waals surface area contributed by atoms with Gasteiger partial charge in [0.2, 0.25) is 5.91 Å². The third-order valence-electron chi connectivity index (χ3n) is 5.45. The van der Waals surface area contributed by atoms with E-state index in [-0.39, 0.29) is 36.5 Å². The van der Waals surface area contributed by atoms with Gasteiger partial charge in [-0.25, -0.2) is 4.39 Å². The van der Waals surface area contributed by atoms with Crippen molar-refractivity contribution in [1.29, 1.82) is 0 Å². The smallest absolute Gasteiger partial charge is 0.244 e. The number of nitrogens with one attached hydrogen (secondary N) is 1. The zero-order valence-electron chi connectivity index (χ0n) is 16.4. The molecule has 2 aliphatic heterocycles. The van der Waals surface area contributed by atoms with Crippen molar-refractivity contribution in [2.24, 2.45) is 5.92 Å². The number of nitrogens with zero attached hydrogens (tertiary/aromatic N) is 2. The number of rotatable bonds is 6. The minimum Gasteiger partial charge on any atom is -0.379 e. The third kappa shape index (κ3) is 6.29. The van der Waals surface area contributed by atoms with Gasteiger partial charge in [0.1, 0.15) is 11.9 Å². The number of piperidine rings is 1. The zero-order valence-corrected chi connectivity index (χ0v) is 18.1. The fourth-order valence-corrected chi connectivity index (χ4v) is 3.90. The molecule has 160 valence electrons. The standard InChI is InChI=1S/C20H30FN3O2.2ClH/c1-2-22-15-16-7-9-24(10-8-16)20(25)19(23-11-13-26-14-12-23)17-5-3-4-6-18(17)21;;/h3-6,16,19,22H,2,7-15H2,1H3;2*1H. The van der Waals surface area contributed by atoms with Crippen molar-refractivity contribution in [2.75, 3.05) is 52.5 Å². The van der Waals surface area contributed by atoms with Crippen molar-refractivity contribution in [3.63, 3.8) is 0 Å². The zero-order chi connectivity index (χ0) is 18.4. The molecule has 0 aromatic heterocycles. The summed E-state index contributed by atoms with van der Waals surface area (Å²) in [5, 5.41) is 3.39. The Hall–Kier alpha value is -0.920. The molecule has 0 saturated carbocycles. The molecule has 0 aliphatic carbocycles. The van der Waals surface area contributed by atoms with Crippen molar-refractivity contribution in [2.45, 2.75) is 25.8 Å². The number of likely N-dealkylation sites (tertiary alicyclic amines) is 1. The first-order chi connectivity index (χ1) is 12.7. The Labute approximate surface area is 179 Å². The maximum Gasteiger partial charge on any atom is 0.244 e. The molecule has 0 spiro atoms. The highest BCUT2D eigenvalue weighted by Crippen LogP contribution is 2.28. The molecule has 1 aromatic carbocycles. The molecule has 3 rings (SSSR count). The quantitative estimate of drug-likeness (QED) is 0.745. The Morgan fingerprint density at radius 2 is 1.82 bits per heavy atom. The number of carbonyl (C=O) groups is 1. The lowest BCUT2D eigenvalue weighted by atomic mass is 9.95. The molecule has 1 atom stereocenters. The van der Waals surface area contributed by atoms with E-state index in [4.69, 9.17) is 4.74 Å². The number of ether oxygens (including phenoxy) is 1. The summed E-state index contributed by atoms with van der Waals surface area (Å²) in [5.41, 5.74) is 0.481. The van der Waals surface area contributed by atoms with E-state index in [1.165, 1.54) is 6.07 Å². The van der Waals surface area contributed by atoms with Crippen LogP contribution in [0.2, 0.25) is 0 Å². The number of benzene rings is 1. The monoisotopic (exact) mass is 435 g/mol. The first-order valence-electron chi connectivity index (χ1n) is 9.76. The van der Waals surface area contributed by atoms with Gasteiger partial charge in [0.15, 0.2) is 0 Å². The molecular formula is C20H32Cl2FN3O2. The molecule has 5 nitrogen and oxygen atoms in total. The summed E-state index contributed by atoms with van der Waals surface area (Å²) in [7, 11) is 0. The largest absolute Gasteiger partial charge is 0.379 e. The van der Waals surface area contributed by atoms with E-state index in [1.54, 1.807) is 12.1 Å². The highest BCUT2D eigenvalue weighted by Gasteiger charge is 2.35. The van der Waals surface area contributed by atoms with Crippen LogP contribution >= 0.6 is 24.8 Å². The van der Waals surface area contributed by atoms with Crippen LogP contribution in [0.3, 0.4) is 0 Å². The van der Waals surface area contributed by atoms with Gasteiger partial charge in [-0.1, -0.05) is 25.1 Å². The molecule has 1 amide bonds. The molecule has 0 bridgehead atoms. The molecule has 1 aromatic rings. The highest BCUT2D eigenvalue weighted by molar-refractivity contribution is 5.85. The molecule has 2 fully saturated rings. The number of amides is 1. The second-order valence-corrected chi connectivity index (χ2v) is 7.15. The second-order valence-electron chi connectivity index (χ2n) is 7.15. The molecule has 2 aliphatic rings. The Kier molecular flexibility index (Phi) is 11.3. The van der Waals surface area contributed by atoms with E-state index in [0.717, 1.165) is 39.0 Å². The minimum absolute atomic E-state index is 0. The lowest BCUT2D eigenvalue weighted by molar-refractivity contribution is -0.140. The molecule has 2 saturated heterocycles. The van der Waals surface area contributed by atoms with E-state index < -0.39 is 6.04 Å². The summed E-state index contributed by atoms with van der Waals surface area (Å²) in [6.45, 7) is 8.09.